The van der Waals surface area contributed by atoms with Gasteiger partial charge >= 0.3 is 0 Å². The lowest BCUT2D eigenvalue weighted by atomic mass is 9.83. The average molecular weight is 256 g/mol. The molecule has 0 spiro atoms. The van der Waals surface area contributed by atoms with Crippen LogP contribution in [0.5, 0.6) is 0 Å². The maximum absolute atomic E-state index is 6.25. The molecule has 17 heavy (non-hydrogen) atoms. The molecule has 1 fully saturated rings. The highest BCUT2D eigenvalue weighted by Crippen LogP contribution is 2.28. The zero-order valence-corrected chi connectivity index (χ0v) is 11.8. The van der Waals surface area contributed by atoms with Crippen molar-refractivity contribution in [2.75, 3.05) is 0 Å². The number of nitrogens with one attached hydrogen (secondary N) is 1. The molecule has 1 aliphatic rings. The minimum atomic E-state index is 0.278. The van der Waals surface area contributed by atoms with Crippen LogP contribution in [0.2, 0.25) is 5.02 Å². The van der Waals surface area contributed by atoms with E-state index in [4.69, 9.17) is 11.6 Å². The Morgan fingerprint density at radius 3 is 2.53 bits per heavy atom. The summed E-state index contributed by atoms with van der Waals surface area (Å²) in [4.78, 5) is 0. The van der Waals surface area contributed by atoms with E-state index in [2.05, 4.69) is 17.3 Å². The Balaban J connectivity index is 2.01. The Kier molecular flexibility index (Phi) is 3.79. The molecule has 1 aliphatic carbocycles. The first kappa shape index (κ1) is 12.9. The first-order valence-corrected chi connectivity index (χ1v) is 6.83. The molecule has 3 nitrogen and oxygen atoms in total. The fourth-order valence-corrected chi connectivity index (χ4v) is 2.91. The summed E-state index contributed by atoms with van der Waals surface area (Å²) in [7, 11) is 1.96. The van der Waals surface area contributed by atoms with Crippen molar-refractivity contribution in [1.82, 2.24) is 15.1 Å². The Hall–Kier alpha value is -0.540. The SMILES string of the molecule is Cc1nn(C)c(CNC2(C)CCCCC2)c1Cl. The minimum Gasteiger partial charge on any atom is -0.306 e. The van der Waals surface area contributed by atoms with Gasteiger partial charge in [-0.1, -0.05) is 30.9 Å². The molecule has 1 saturated carbocycles. The molecule has 1 heterocycles. The molecule has 1 aromatic heterocycles. The molecule has 0 unspecified atom stereocenters. The van der Waals surface area contributed by atoms with Gasteiger partial charge in [-0.2, -0.15) is 5.10 Å². The molecule has 0 aliphatic heterocycles. The van der Waals surface area contributed by atoms with Gasteiger partial charge in [0.2, 0.25) is 0 Å². The van der Waals surface area contributed by atoms with E-state index in [1.807, 2.05) is 18.7 Å². The Morgan fingerprint density at radius 1 is 1.35 bits per heavy atom. The van der Waals surface area contributed by atoms with Gasteiger partial charge in [-0.25, -0.2) is 0 Å². The summed E-state index contributed by atoms with van der Waals surface area (Å²) in [5.74, 6) is 0. The zero-order chi connectivity index (χ0) is 12.5. The second kappa shape index (κ2) is 4.99. The van der Waals surface area contributed by atoms with Gasteiger partial charge in [0.25, 0.3) is 0 Å². The number of nitrogens with zero attached hydrogens (tertiary/aromatic N) is 2. The Bertz CT molecular complexity index is 392. The molecule has 96 valence electrons. The molecular formula is C13H22ClN3. The summed E-state index contributed by atoms with van der Waals surface area (Å²) in [6.07, 6.45) is 6.58. The van der Waals surface area contributed by atoms with Crippen molar-refractivity contribution in [1.29, 1.82) is 0 Å². The molecule has 1 N–H and O–H groups in total. The fraction of sp³-hybridized carbons (Fsp3) is 0.769. The van der Waals surface area contributed by atoms with Gasteiger partial charge in [0.05, 0.1) is 16.4 Å². The molecule has 0 radical (unpaired) electrons. The second-order valence-corrected chi connectivity index (χ2v) is 5.82. The second-order valence-electron chi connectivity index (χ2n) is 5.44. The van der Waals surface area contributed by atoms with E-state index in [1.165, 1.54) is 32.1 Å². The van der Waals surface area contributed by atoms with Crippen LogP contribution in [-0.4, -0.2) is 15.3 Å². The van der Waals surface area contributed by atoms with Crippen molar-refractivity contribution in [3.63, 3.8) is 0 Å². The van der Waals surface area contributed by atoms with Crippen LogP contribution >= 0.6 is 11.6 Å². The molecular weight excluding hydrogens is 234 g/mol. The van der Waals surface area contributed by atoms with Crippen LogP contribution in [0, 0.1) is 6.92 Å². The van der Waals surface area contributed by atoms with Gasteiger partial charge in [0.15, 0.2) is 0 Å². The monoisotopic (exact) mass is 255 g/mol. The predicted octanol–water partition coefficient (Wildman–Crippen LogP) is 3.19. The number of halogens is 1. The highest BCUT2D eigenvalue weighted by Gasteiger charge is 2.26. The minimum absolute atomic E-state index is 0.278. The van der Waals surface area contributed by atoms with E-state index in [1.54, 1.807) is 0 Å². The largest absolute Gasteiger partial charge is 0.306 e. The maximum Gasteiger partial charge on any atom is 0.0860 e. The number of hydrogen-bond acceptors (Lipinski definition) is 2. The summed E-state index contributed by atoms with van der Waals surface area (Å²) in [5.41, 5.74) is 2.29. The maximum atomic E-state index is 6.25. The highest BCUT2D eigenvalue weighted by atomic mass is 35.5. The lowest BCUT2D eigenvalue weighted by molar-refractivity contribution is 0.250. The third kappa shape index (κ3) is 2.83. The number of hydrogen-bond donors (Lipinski definition) is 1. The zero-order valence-electron chi connectivity index (χ0n) is 11.0. The van der Waals surface area contributed by atoms with Gasteiger partial charge in [-0.05, 0) is 26.7 Å². The molecule has 0 aromatic carbocycles. The summed E-state index contributed by atoms with van der Waals surface area (Å²) in [6, 6.07) is 0. The quantitative estimate of drug-likeness (QED) is 0.899. The molecule has 0 atom stereocenters. The topological polar surface area (TPSA) is 29.9 Å². The van der Waals surface area contributed by atoms with Gasteiger partial charge < -0.3 is 5.32 Å². The standard InChI is InChI=1S/C13H22ClN3/c1-10-12(14)11(17(3)16-10)9-15-13(2)7-5-4-6-8-13/h15H,4-9H2,1-3H3. The van der Waals surface area contributed by atoms with E-state index in [-0.39, 0.29) is 5.54 Å². The molecule has 2 rings (SSSR count). The van der Waals surface area contributed by atoms with Crippen molar-refractivity contribution < 1.29 is 0 Å². The fourth-order valence-electron chi connectivity index (χ4n) is 2.68. The van der Waals surface area contributed by atoms with Crippen molar-refractivity contribution in [2.45, 2.75) is 58.0 Å². The van der Waals surface area contributed by atoms with E-state index in [0.717, 1.165) is 23.0 Å². The Morgan fingerprint density at radius 2 is 2.00 bits per heavy atom. The first-order valence-electron chi connectivity index (χ1n) is 6.45. The smallest absolute Gasteiger partial charge is 0.0860 e. The number of rotatable bonds is 3. The van der Waals surface area contributed by atoms with E-state index < -0.39 is 0 Å². The molecule has 1 aromatic rings. The van der Waals surface area contributed by atoms with Gasteiger partial charge in [0.1, 0.15) is 0 Å². The third-order valence-electron chi connectivity index (χ3n) is 3.90. The third-order valence-corrected chi connectivity index (χ3v) is 4.39. The molecule has 0 bridgehead atoms. The van der Waals surface area contributed by atoms with E-state index in [0.29, 0.717) is 0 Å². The molecule has 0 saturated heterocycles. The van der Waals surface area contributed by atoms with Crippen LogP contribution in [0.25, 0.3) is 0 Å². The molecule has 4 heteroatoms. The van der Waals surface area contributed by atoms with E-state index >= 15 is 0 Å². The number of aromatic nitrogens is 2. The highest BCUT2D eigenvalue weighted by molar-refractivity contribution is 6.31. The first-order chi connectivity index (χ1) is 8.02. The number of aryl methyl sites for hydroxylation is 2. The Labute approximate surface area is 109 Å². The van der Waals surface area contributed by atoms with Crippen LogP contribution < -0.4 is 5.32 Å². The van der Waals surface area contributed by atoms with Crippen molar-refractivity contribution in [3.05, 3.63) is 16.4 Å². The summed E-state index contributed by atoms with van der Waals surface area (Å²) >= 11 is 6.25. The van der Waals surface area contributed by atoms with Gasteiger partial charge in [-0.15, -0.1) is 0 Å². The summed E-state index contributed by atoms with van der Waals surface area (Å²) < 4.78 is 1.89. The summed E-state index contributed by atoms with van der Waals surface area (Å²) in [5, 5.41) is 8.81. The van der Waals surface area contributed by atoms with E-state index in [9.17, 15) is 0 Å². The van der Waals surface area contributed by atoms with Crippen molar-refractivity contribution in [2.24, 2.45) is 7.05 Å². The molecule has 0 amide bonds. The lowest BCUT2D eigenvalue weighted by Crippen LogP contribution is -2.43. The van der Waals surface area contributed by atoms with Crippen LogP contribution in [0.1, 0.15) is 50.4 Å². The summed E-state index contributed by atoms with van der Waals surface area (Å²) in [6.45, 7) is 5.09. The normalized spacial score (nSPS) is 19.5. The van der Waals surface area contributed by atoms with Gasteiger partial charge in [-0.3, -0.25) is 4.68 Å². The lowest BCUT2D eigenvalue weighted by Gasteiger charge is -2.34. The average Bonchev–Trinajstić information content (AvgIpc) is 2.52. The van der Waals surface area contributed by atoms with Crippen LogP contribution in [0.4, 0.5) is 0 Å². The van der Waals surface area contributed by atoms with Gasteiger partial charge in [0, 0.05) is 19.1 Å². The van der Waals surface area contributed by atoms with Crippen molar-refractivity contribution in [3.8, 4) is 0 Å². The van der Waals surface area contributed by atoms with Crippen LogP contribution in [-0.2, 0) is 13.6 Å². The van der Waals surface area contributed by atoms with Crippen LogP contribution in [0.15, 0.2) is 0 Å². The predicted molar refractivity (Wildman–Crippen MR) is 71.3 cm³/mol. The van der Waals surface area contributed by atoms with Crippen LogP contribution in [0.3, 0.4) is 0 Å². The van der Waals surface area contributed by atoms with Crippen molar-refractivity contribution >= 4 is 11.6 Å².